The minimum Gasteiger partial charge on any atom is -0.465 e. The van der Waals surface area contributed by atoms with Crippen molar-refractivity contribution in [1.29, 1.82) is 0 Å². The molecule has 0 fully saturated rings. The van der Waals surface area contributed by atoms with Gasteiger partial charge in [0, 0.05) is 17.3 Å². The van der Waals surface area contributed by atoms with Gasteiger partial charge < -0.3 is 10.1 Å². The second-order valence-corrected chi connectivity index (χ2v) is 4.57. The van der Waals surface area contributed by atoms with E-state index in [0.717, 1.165) is 17.0 Å². The Labute approximate surface area is 120 Å². The number of carbonyl (C=O) groups is 1. The molecule has 0 bridgehead atoms. The summed E-state index contributed by atoms with van der Waals surface area (Å²) in [7, 11) is 1.37. The van der Waals surface area contributed by atoms with Gasteiger partial charge in [0.05, 0.1) is 12.7 Å². The number of benzene rings is 1. The zero-order valence-electron chi connectivity index (χ0n) is 12.3. The summed E-state index contributed by atoms with van der Waals surface area (Å²) >= 11 is 0. The van der Waals surface area contributed by atoms with Gasteiger partial charge in [-0.3, -0.25) is 0 Å². The van der Waals surface area contributed by atoms with Crippen LogP contribution in [0, 0.1) is 0 Å². The molecule has 0 aliphatic carbocycles. The first-order valence-electron chi connectivity index (χ1n) is 6.43. The summed E-state index contributed by atoms with van der Waals surface area (Å²) in [6.45, 7) is 11.7. The van der Waals surface area contributed by atoms with E-state index in [1.807, 2.05) is 25.1 Å². The Hall–Kier alpha value is -2.29. The molecule has 3 heteroatoms. The highest BCUT2D eigenvalue weighted by Gasteiger charge is 2.11. The highest BCUT2D eigenvalue weighted by atomic mass is 16.5. The fraction of sp³-hybridized carbons (Fsp3) is 0.235. The van der Waals surface area contributed by atoms with Crippen LogP contribution in [0.1, 0.15) is 35.7 Å². The Morgan fingerprint density at radius 1 is 1.35 bits per heavy atom. The maximum Gasteiger partial charge on any atom is 0.337 e. The molecular weight excluding hydrogens is 250 g/mol. The summed E-state index contributed by atoms with van der Waals surface area (Å²) in [5.41, 5.74) is 3.51. The Morgan fingerprint density at radius 3 is 2.45 bits per heavy atom. The van der Waals surface area contributed by atoms with E-state index in [2.05, 4.69) is 30.1 Å². The lowest BCUT2D eigenvalue weighted by atomic mass is 9.97. The average molecular weight is 271 g/mol. The van der Waals surface area contributed by atoms with E-state index in [0.29, 0.717) is 5.56 Å². The summed E-state index contributed by atoms with van der Waals surface area (Å²) in [6.07, 6.45) is 3.61. The number of hydrogen-bond donors (Lipinski definition) is 1. The highest BCUT2D eigenvalue weighted by Crippen LogP contribution is 2.22. The minimum absolute atomic E-state index is 0.134. The molecule has 0 aromatic heterocycles. The normalized spacial score (nSPS) is 12.4. The van der Waals surface area contributed by atoms with Gasteiger partial charge in [-0.1, -0.05) is 38.3 Å². The molecule has 1 atom stereocenters. The lowest BCUT2D eigenvalue weighted by Gasteiger charge is -2.17. The highest BCUT2D eigenvalue weighted by molar-refractivity contribution is 5.89. The van der Waals surface area contributed by atoms with Crippen molar-refractivity contribution in [3.8, 4) is 0 Å². The maximum absolute atomic E-state index is 11.4. The van der Waals surface area contributed by atoms with Gasteiger partial charge in [-0.15, -0.1) is 0 Å². The lowest BCUT2D eigenvalue weighted by molar-refractivity contribution is 0.0600. The molecule has 0 aliphatic rings. The standard InChI is InChI=1S/C17H21NO2/c1-6-7-12(2)18-14(4)13(3)15-8-10-16(11-9-15)17(19)20-5/h6-11,13,18H,1,4H2,2-3,5H3/b12-7+. The molecule has 1 aromatic rings. The number of hydrogen-bond acceptors (Lipinski definition) is 3. The third-order valence-corrected chi connectivity index (χ3v) is 3.08. The summed E-state index contributed by atoms with van der Waals surface area (Å²) in [5, 5.41) is 3.23. The molecule has 0 spiro atoms. The fourth-order valence-electron chi connectivity index (χ4n) is 1.81. The van der Waals surface area contributed by atoms with Crippen LogP contribution in [0.4, 0.5) is 0 Å². The van der Waals surface area contributed by atoms with Crippen molar-refractivity contribution in [2.75, 3.05) is 7.11 Å². The first-order valence-corrected chi connectivity index (χ1v) is 6.43. The van der Waals surface area contributed by atoms with E-state index in [1.54, 1.807) is 18.2 Å². The van der Waals surface area contributed by atoms with Gasteiger partial charge in [0.25, 0.3) is 0 Å². The molecule has 0 radical (unpaired) electrons. The molecule has 0 saturated heterocycles. The van der Waals surface area contributed by atoms with Crippen molar-refractivity contribution >= 4 is 5.97 Å². The minimum atomic E-state index is -0.328. The quantitative estimate of drug-likeness (QED) is 0.632. The Morgan fingerprint density at radius 2 is 1.95 bits per heavy atom. The van der Waals surface area contributed by atoms with E-state index in [1.165, 1.54) is 7.11 Å². The molecule has 106 valence electrons. The van der Waals surface area contributed by atoms with Gasteiger partial charge in [0.2, 0.25) is 0 Å². The zero-order chi connectivity index (χ0) is 15.1. The number of allylic oxidation sites excluding steroid dienone is 4. The number of carbonyl (C=O) groups excluding carboxylic acids is 1. The van der Waals surface area contributed by atoms with E-state index in [4.69, 9.17) is 0 Å². The molecule has 0 aliphatic heterocycles. The van der Waals surface area contributed by atoms with Gasteiger partial charge in [-0.05, 0) is 30.7 Å². The van der Waals surface area contributed by atoms with Gasteiger partial charge in [-0.2, -0.15) is 0 Å². The average Bonchev–Trinajstić information content (AvgIpc) is 2.46. The molecule has 1 rings (SSSR count). The number of rotatable bonds is 6. The predicted molar refractivity (Wildman–Crippen MR) is 82.4 cm³/mol. The van der Waals surface area contributed by atoms with Crippen molar-refractivity contribution in [3.63, 3.8) is 0 Å². The van der Waals surface area contributed by atoms with Crippen LogP contribution in [0.2, 0.25) is 0 Å². The van der Waals surface area contributed by atoms with Gasteiger partial charge in [-0.25, -0.2) is 4.79 Å². The molecule has 0 amide bonds. The third-order valence-electron chi connectivity index (χ3n) is 3.08. The molecular formula is C17H21NO2. The third kappa shape index (κ3) is 4.12. The fourth-order valence-corrected chi connectivity index (χ4v) is 1.81. The van der Waals surface area contributed by atoms with Crippen LogP contribution < -0.4 is 5.32 Å². The van der Waals surface area contributed by atoms with E-state index < -0.39 is 0 Å². The molecule has 1 N–H and O–H groups in total. The Balaban J connectivity index is 2.79. The van der Waals surface area contributed by atoms with E-state index in [-0.39, 0.29) is 11.9 Å². The molecule has 0 saturated carbocycles. The largest absolute Gasteiger partial charge is 0.465 e. The molecule has 3 nitrogen and oxygen atoms in total. The van der Waals surface area contributed by atoms with Crippen molar-refractivity contribution in [1.82, 2.24) is 5.32 Å². The van der Waals surface area contributed by atoms with Crippen molar-refractivity contribution in [2.45, 2.75) is 19.8 Å². The number of esters is 1. The van der Waals surface area contributed by atoms with Gasteiger partial charge >= 0.3 is 5.97 Å². The van der Waals surface area contributed by atoms with E-state index in [9.17, 15) is 4.79 Å². The van der Waals surface area contributed by atoms with Gasteiger partial charge in [0.1, 0.15) is 0 Å². The topological polar surface area (TPSA) is 38.3 Å². The first-order chi connectivity index (χ1) is 9.49. The summed E-state index contributed by atoms with van der Waals surface area (Å²) in [4.78, 5) is 11.4. The van der Waals surface area contributed by atoms with Crippen molar-refractivity contribution in [3.05, 3.63) is 72.1 Å². The van der Waals surface area contributed by atoms with Crippen molar-refractivity contribution in [2.24, 2.45) is 0 Å². The van der Waals surface area contributed by atoms with Crippen LogP contribution in [0.5, 0.6) is 0 Å². The van der Waals surface area contributed by atoms with Crippen LogP contribution in [0.15, 0.2) is 61.0 Å². The second-order valence-electron chi connectivity index (χ2n) is 4.57. The Kier molecular flexibility index (Phi) is 5.78. The SMILES string of the molecule is C=C/C=C(\C)NC(=C)C(C)c1ccc(C(=O)OC)cc1. The van der Waals surface area contributed by atoms with Crippen LogP contribution >= 0.6 is 0 Å². The monoisotopic (exact) mass is 271 g/mol. The zero-order valence-corrected chi connectivity index (χ0v) is 12.3. The van der Waals surface area contributed by atoms with E-state index >= 15 is 0 Å². The van der Waals surface area contributed by atoms with Gasteiger partial charge in [0.15, 0.2) is 0 Å². The predicted octanol–water partition coefficient (Wildman–Crippen LogP) is 3.77. The van der Waals surface area contributed by atoms with Crippen LogP contribution in [0.25, 0.3) is 0 Å². The molecule has 1 aromatic carbocycles. The van der Waals surface area contributed by atoms with Crippen LogP contribution in [-0.4, -0.2) is 13.1 Å². The van der Waals surface area contributed by atoms with Crippen LogP contribution in [0.3, 0.4) is 0 Å². The summed E-state index contributed by atoms with van der Waals surface area (Å²) in [6, 6.07) is 7.35. The second kappa shape index (κ2) is 7.34. The Bertz CT molecular complexity index is 526. The molecule has 20 heavy (non-hydrogen) atoms. The number of ether oxygens (including phenoxy) is 1. The van der Waals surface area contributed by atoms with Crippen molar-refractivity contribution < 1.29 is 9.53 Å². The number of nitrogens with one attached hydrogen (secondary N) is 1. The molecule has 0 heterocycles. The smallest absolute Gasteiger partial charge is 0.337 e. The maximum atomic E-state index is 11.4. The lowest BCUT2D eigenvalue weighted by Crippen LogP contribution is -2.15. The molecule has 1 unspecified atom stereocenters. The summed E-state index contributed by atoms with van der Waals surface area (Å²) < 4.78 is 4.68. The summed E-state index contributed by atoms with van der Waals surface area (Å²) in [5.74, 6) is -0.194. The number of methoxy groups -OCH3 is 1. The van der Waals surface area contributed by atoms with Crippen LogP contribution in [-0.2, 0) is 4.74 Å². The first kappa shape index (κ1) is 15.8.